The summed E-state index contributed by atoms with van der Waals surface area (Å²) in [7, 11) is 0. The third kappa shape index (κ3) is 5.12. The van der Waals surface area contributed by atoms with Gasteiger partial charge in [0.2, 0.25) is 0 Å². The zero-order chi connectivity index (χ0) is 26.2. The minimum Gasteiger partial charge on any atom is -0.331 e. The summed E-state index contributed by atoms with van der Waals surface area (Å²) in [5, 5.41) is 0.572. The van der Waals surface area contributed by atoms with Crippen molar-refractivity contribution in [3.63, 3.8) is 0 Å². The van der Waals surface area contributed by atoms with E-state index in [0.717, 1.165) is 40.8 Å². The number of aryl methyl sites for hydroxylation is 3. The zero-order valence-electron chi connectivity index (χ0n) is 20.6. The summed E-state index contributed by atoms with van der Waals surface area (Å²) in [4.78, 5) is 20.2. The average Bonchev–Trinajstić information content (AvgIpc) is 3.14. The van der Waals surface area contributed by atoms with Crippen LogP contribution in [-0.4, -0.2) is 26.9 Å². The number of hydrogen-bond acceptors (Lipinski definition) is 2. The van der Waals surface area contributed by atoms with Crippen molar-refractivity contribution in [3.8, 4) is 5.69 Å². The molecule has 0 radical (unpaired) electrons. The van der Waals surface area contributed by atoms with Crippen molar-refractivity contribution in [1.82, 2.24) is 14.5 Å². The first-order valence-corrected chi connectivity index (χ1v) is 12.1. The number of fused-ring (bicyclic) bond motifs is 1. The van der Waals surface area contributed by atoms with Crippen LogP contribution in [0.2, 0.25) is 5.02 Å². The maximum atomic E-state index is 13.7. The van der Waals surface area contributed by atoms with E-state index in [1.165, 1.54) is 12.1 Å². The highest BCUT2D eigenvalue weighted by molar-refractivity contribution is 6.30. The van der Waals surface area contributed by atoms with Crippen molar-refractivity contribution in [2.75, 3.05) is 6.54 Å². The van der Waals surface area contributed by atoms with Gasteiger partial charge in [0.25, 0.3) is 5.91 Å². The molecule has 0 aliphatic rings. The SMILES string of the molecule is CCCN(Cc1nc2cc(C)ccc2n1-c1ccc(C(F)(F)F)cc1)C(=O)c1c(C)cc(Cl)cc1C. The Kier molecular flexibility index (Phi) is 7.14. The van der Waals surface area contributed by atoms with Crippen molar-refractivity contribution >= 4 is 28.5 Å². The number of carbonyl (C=O) groups is 1. The fourth-order valence-corrected chi connectivity index (χ4v) is 4.86. The number of amides is 1. The van der Waals surface area contributed by atoms with E-state index in [0.29, 0.717) is 34.2 Å². The van der Waals surface area contributed by atoms with E-state index in [1.807, 2.05) is 50.5 Å². The van der Waals surface area contributed by atoms with Gasteiger partial charge in [-0.05, 0) is 92.4 Å². The molecule has 1 aromatic heterocycles. The highest BCUT2D eigenvalue weighted by atomic mass is 35.5. The second kappa shape index (κ2) is 9.97. The number of aromatic nitrogens is 2. The van der Waals surface area contributed by atoms with Gasteiger partial charge in [0.15, 0.2) is 0 Å². The van der Waals surface area contributed by atoms with Crippen LogP contribution in [0.25, 0.3) is 16.7 Å². The number of carbonyl (C=O) groups excluding carboxylic acids is 1. The van der Waals surface area contributed by atoms with Crippen LogP contribution in [0, 0.1) is 20.8 Å². The Morgan fingerprint density at radius 1 is 1.00 bits per heavy atom. The van der Waals surface area contributed by atoms with Crippen LogP contribution < -0.4 is 0 Å². The molecular formula is C28H27ClF3N3O. The molecule has 0 bridgehead atoms. The Morgan fingerprint density at radius 2 is 1.64 bits per heavy atom. The van der Waals surface area contributed by atoms with Crippen LogP contribution in [0.3, 0.4) is 0 Å². The van der Waals surface area contributed by atoms with Gasteiger partial charge in [-0.2, -0.15) is 13.2 Å². The van der Waals surface area contributed by atoms with Crippen molar-refractivity contribution < 1.29 is 18.0 Å². The van der Waals surface area contributed by atoms with Gasteiger partial charge in [0, 0.05) is 22.8 Å². The Labute approximate surface area is 213 Å². The average molecular weight is 514 g/mol. The Morgan fingerprint density at radius 3 is 2.22 bits per heavy atom. The highest BCUT2D eigenvalue weighted by Gasteiger charge is 2.30. The smallest absolute Gasteiger partial charge is 0.331 e. The molecule has 188 valence electrons. The monoisotopic (exact) mass is 513 g/mol. The molecule has 1 heterocycles. The maximum absolute atomic E-state index is 13.7. The molecule has 36 heavy (non-hydrogen) atoms. The number of alkyl halides is 3. The number of rotatable bonds is 6. The molecule has 0 aliphatic heterocycles. The van der Waals surface area contributed by atoms with Gasteiger partial charge >= 0.3 is 6.18 Å². The molecule has 4 aromatic rings. The standard InChI is InChI=1S/C28H27ClF3N3O/c1-5-12-34(27(36)26-18(3)14-21(29)15-19(26)4)16-25-33-23-13-17(2)6-11-24(23)35(25)22-9-7-20(8-10-22)28(30,31)32/h6-11,13-15H,5,12,16H2,1-4H3. The number of benzene rings is 3. The van der Waals surface area contributed by atoms with Gasteiger partial charge in [-0.3, -0.25) is 9.36 Å². The van der Waals surface area contributed by atoms with E-state index in [1.54, 1.807) is 17.0 Å². The van der Waals surface area contributed by atoms with Crippen molar-refractivity contribution in [1.29, 1.82) is 0 Å². The predicted octanol–water partition coefficient (Wildman–Crippen LogP) is 7.68. The molecule has 1 amide bonds. The molecule has 0 saturated carbocycles. The zero-order valence-corrected chi connectivity index (χ0v) is 21.3. The second-order valence-electron chi connectivity index (χ2n) is 9.04. The molecule has 0 N–H and O–H groups in total. The predicted molar refractivity (Wildman–Crippen MR) is 137 cm³/mol. The number of imidazole rings is 1. The second-order valence-corrected chi connectivity index (χ2v) is 9.48. The minimum atomic E-state index is -4.42. The molecular weight excluding hydrogens is 487 g/mol. The summed E-state index contributed by atoms with van der Waals surface area (Å²) in [5.41, 5.74) is 4.50. The summed E-state index contributed by atoms with van der Waals surface area (Å²) in [6, 6.07) is 14.3. The van der Waals surface area contributed by atoms with E-state index in [9.17, 15) is 18.0 Å². The van der Waals surface area contributed by atoms with Gasteiger partial charge < -0.3 is 4.90 Å². The van der Waals surface area contributed by atoms with Crippen LogP contribution in [0.15, 0.2) is 54.6 Å². The Balaban J connectivity index is 1.81. The van der Waals surface area contributed by atoms with Gasteiger partial charge in [0.05, 0.1) is 23.1 Å². The van der Waals surface area contributed by atoms with Gasteiger partial charge in [-0.25, -0.2) is 4.98 Å². The molecule has 0 atom stereocenters. The first kappa shape index (κ1) is 25.8. The Hall–Kier alpha value is -3.32. The molecule has 0 fully saturated rings. The largest absolute Gasteiger partial charge is 0.416 e. The summed E-state index contributed by atoms with van der Waals surface area (Å²) in [5.74, 6) is 0.437. The van der Waals surface area contributed by atoms with Crippen LogP contribution in [-0.2, 0) is 12.7 Å². The molecule has 0 saturated heterocycles. The van der Waals surface area contributed by atoms with Gasteiger partial charge in [0.1, 0.15) is 5.82 Å². The molecule has 8 heteroatoms. The van der Waals surface area contributed by atoms with Crippen molar-refractivity contribution in [3.05, 3.63) is 93.3 Å². The fourth-order valence-electron chi connectivity index (χ4n) is 4.53. The molecule has 0 unspecified atom stereocenters. The third-order valence-electron chi connectivity index (χ3n) is 6.16. The van der Waals surface area contributed by atoms with E-state index >= 15 is 0 Å². The van der Waals surface area contributed by atoms with Crippen LogP contribution >= 0.6 is 11.6 Å². The topological polar surface area (TPSA) is 38.1 Å². The minimum absolute atomic E-state index is 0.134. The number of hydrogen-bond donors (Lipinski definition) is 0. The lowest BCUT2D eigenvalue weighted by Gasteiger charge is -2.24. The number of nitrogens with zero attached hydrogens (tertiary/aromatic N) is 3. The van der Waals surface area contributed by atoms with Gasteiger partial charge in [-0.1, -0.05) is 24.6 Å². The van der Waals surface area contributed by atoms with Crippen molar-refractivity contribution in [2.24, 2.45) is 0 Å². The first-order valence-electron chi connectivity index (χ1n) is 11.7. The van der Waals surface area contributed by atoms with Crippen LogP contribution in [0.5, 0.6) is 0 Å². The summed E-state index contributed by atoms with van der Waals surface area (Å²) < 4.78 is 41.3. The van der Waals surface area contributed by atoms with E-state index in [2.05, 4.69) is 0 Å². The molecule has 3 aromatic carbocycles. The van der Waals surface area contributed by atoms with Crippen LogP contribution in [0.1, 0.15) is 51.8 Å². The quantitative estimate of drug-likeness (QED) is 0.265. The fraction of sp³-hybridized carbons (Fsp3) is 0.286. The highest BCUT2D eigenvalue weighted by Crippen LogP contribution is 2.31. The Bertz CT molecular complexity index is 1400. The summed E-state index contributed by atoms with van der Waals surface area (Å²) >= 11 is 6.17. The van der Waals surface area contributed by atoms with E-state index in [4.69, 9.17) is 16.6 Å². The maximum Gasteiger partial charge on any atom is 0.416 e. The number of halogens is 4. The summed E-state index contributed by atoms with van der Waals surface area (Å²) in [6.07, 6.45) is -3.69. The molecule has 0 aliphatic carbocycles. The van der Waals surface area contributed by atoms with Gasteiger partial charge in [-0.15, -0.1) is 0 Å². The lowest BCUT2D eigenvalue weighted by atomic mass is 10.0. The molecule has 4 nitrogen and oxygen atoms in total. The lowest BCUT2D eigenvalue weighted by Crippen LogP contribution is -2.33. The van der Waals surface area contributed by atoms with Crippen LogP contribution in [0.4, 0.5) is 13.2 Å². The van der Waals surface area contributed by atoms with E-state index in [-0.39, 0.29) is 12.5 Å². The normalized spacial score (nSPS) is 11.8. The molecule has 0 spiro atoms. The lowest BCUT2D eigenvalue weighted by molar-refractivity contribution is -0.137. The first-order chi connectivity index (χ1) is 17.0. The van der Waals surface area contributed by atoms with Crippen molar-refractivity contribution in [2.45, 2.75) is 46.8 Å². The summed E-state index contributed by atoms with van der Waals surface area (Å²) in [6.45, 7) is 8.35. The van der Waals surface area contributed by atoms with E-state index < -0.39 is 11.7 Å². The third-order valence-corrected chi connectivity index (χ3v) is 6.37. The molecule has 4 rings (SSSR count).